The number of hydrogen-bond donors (Lipinski definition) is 0. The molecule has 9 heteroatoms. The highest BCUT2D eigenvalue weighted by Gasteiger charge is 2.20. The van der Waals surface area contributed by atoms with Crippen LogP contribution < -0.4 is 4.74 Å². The van der Waals surface area contributed by atoms with Gasteiger partial charge in [0.1, 0.15) is 23.7 Å². The minimum Gasteiger partial charge on any atom is -0.488 e. The van der Waals surface area contributed by atoms with E-state index in [1.54, 1.807) is 26.0 Å². The molecule has 1 amide bonds. The number of ether oxygens (including phenoxy) is 2. The first-order chi connectivity index (χ1) is 16.4. The molecule has 1 heterocycles. The zero-order valence-electron chi connectivity index (χ0n) is 19.0. The van der Waals surface area contributed by atoms with Crippen LogP contribution in [0.3, 0.4) is 0 Å². The van der Waals surface area contributed by atoms with Crippen molar-refractivity contribution in [1.82, 2.24) is 10.1 Å². The average Bonchev–Trinajstić information content (AvgIpc) is 3.17. The van der Waals surface area contributed by atoms with Crippen molar-refractivity contribution in [3.8, 4) is 17.9 Å². The average molecular weight is 460 g/mol. The fourth-order valence-corrected chi connectivity index (χ4v) is 3.38. The van der Waals surface area contributed by atoms with Gasteiger partial charge >= 0.3 is 5.97 Å². The number of hydrogen-bond acceptors (Lipinski definition) is 8. The Morgan fingerprint density at radius 1 is 1.06 bits per heavy atom. The van der Waals surface area contributed by atoms with Crippen molar-refractivity contribution in [2.24, 2.45) is 0 Å². The number of nitrogens with zero attached hydrogens (tertiary/aromatic N) is 4. The highest BCUT2D eigenvalue weighted by molar-refractivity contribution is 5.99. The molecule has 0 aliphatic heterocycles. The molecule has 0 aliphatic carbocycles. The normalized spacial score (nSPS) is 10.4. The van der Waals surface area contributed by atoms with Gasteiger partial charge in [0.2, 0.25) is 0 Å². The topological polar surface area (TPSA) is 129 Å². The molecule has 2 aromatic carbocycles. The van der Waals surface area contributed by atoms with Crippen LogP contribution in [-0.4, -0.2) is 41.6 Å². The SMILES string of the molecule is Cc1noc(C)c1COc1cc2ccccc2cc1C(=O)OCC(=O)N(CCC#N)CCC#N. The maximum Gasteiger partial charge on any atom is 0.342 e. The Morgan fingerprint density at radius 3 is 2.29 bits per heavy atom. The lowest BCUT2D eigenvalue weighted by Crippen LogP contribution is -2.36. The fourth-order valence-electron chi connectivity index (χ4n) is 3.38. The van der Waals surface area contributed by atoms with Gasteiger partial charge in [-0.05, 0) is 36.8 Å². The molecule has 174 valence electrons. The lowest BCUT2D eigenvalue weighted by atomic mass is 10.1. The van der Waals surface area contributed by atoms with E-state index in [0.717, 1.165) is 16.3 Å². The number of carbonyl (C=O) groups excluding carboxylic acids is 2. The number of rotatable bonds is 10. The van der Waals surface area contributed by atoms with E-state index in [1.165, 1.54) is 4.90 Å². The van der Waals surface area contributed by atoms with E-state index in [-0.39, 0.29) is 38.1 Å². The van der Waals surface area contributed by atoms with Crippen molar-refractivity contribution >= 4 is 22.6 Å². The van der Waals surface area contributed by atoms with Crippen LogP contribution in [0.25, 0.3) is 10.8 Å². The van der Waals surface area contributed by atoms with Crippen LogP contribution in [0.1, 0.15) is 40.2 Å². The van der Waals surface area contributed by atoms with E-state index in [2.05, 4.69) is 5.16 Å². The summed E-state index contributed by atoms with van der Waals surface area (Å²) < 4.78 is 16.4. The molecule has 1 aromatic heterocycles. The van der Waals surface area contributed by atoms with Gasteiger partial charge in [0, 0.05) is 13.1 Å². The van der Waals surface area contributed by atoms with Crippen molar-refractivity contribution in [2.75, 3.05) is 19.7 Å². The zero-order chi connectivity index (χ0) is 24.5. The quantitative estimate of drug-likeness (QED) is 0.417. The monoisotopic (exact) mass is 460 g/mol. The summed E-state index contributed by atoms with van der Waals surface area (Å²) in [7, 11) is 0. The van der Waals surface area contributed by atoms with Crippen LogP contribution in [0.2, 0.25) is 0 Å². The maximum absolute atomic E-state index is 13.0. The first kappa shape index (κ1) is 24.3. The Labute approximate surface area is 197 Å². The van der Waals surface area contributed by atoms with Gasteiger partial charge in [-0.3, -0.25) is 4.79 Å². The van der Waals surface area contributed by atoms with Gasteiger partial charge < -0.3 is 18.9 Å². The largest absolute Gasteiger partial charge is 0.488 e. The molecular formula is C25H24N4O5. The summed E-state index contributed by atoms with van der Waals surface area (Å²) >= 11 is 0. The van der Waals surface area contributed by atoms with Crippen molar-refractivity contribution in [3.05, 3.63) is 59.0 Å². The maximum atomic E-state index is 13.0. The van der Waals surface area contributed by atoms with Gasteiger partial charge in [-0.25, -0.2) is 4.79 Å². The molecule has 0 fully saturated rings. The summed E-state index contributed by atoms with van der Waals surface area (Å²) in [5.74, 6) is -0.254. The van der Waals surface area contributed by atoms with E-state index in [1.807, 2.05) is 36.4 Å². The minimum atomic E-state index is -0.714. The van der Waals surface area contributed by atoms with Crippen molar-refractivity contribution < 1.29 is 23.6 Å². The van der Waals surface area contributed by atoms with Gasteiger partial charge in [-0.1, -0.05) is 29.4 Å². The summed E-state index contributed by atoms with van der Waals surface area (Å²) in [6.07, 6.45) is 0.241. The number of aryl methyl sites for hydroxylation is 2. The number of amides is 1. The number of carbonyl (C=O) groups is 2. The van der Waals surface area contributed by atoms with Gasteiger partial charge in [-0.2, -0.15) is 10.5 Å². The van der Waals surface area contributed by atoms with Gasteiger partial charge in [0.15, 0.2) is 6.61 Å². The Bertz CT molecular complexity index is 1230. The van der Waals surface area contributed by atoms with Crippen molar-refractivity contribution in [1.29, 1.82) is 10.5 Å². The van der Waals surface area contributed by atoms with Crippen LogP contribution >= 0.6 is 0 Å². The third kappa shape index (κ3) is 5.90. The number of fused-ring (bicyclic) bond motifs is 1. The second-order valence-electron chi connectivity index (χ2n) is 7.56. The molecule has 0 saturated heterocycles. The van der Waals surface area contributed by atoms with Gasteiger partial charge in [-0.15, -0.1) is 0 Å². The van der Waals surface area contributed by atoms with E-state index >= 15 is 0 Å². The Balaban J connectivity index is 1.79. The summed E-state index contributed by atoms with van der Waals surface area (Å²) in [5, 5.41) is 23.2. The third-order valence-corrected chi connectivity index (χ3v) is 5.29. The Morgan fingerprint density at radius 2 is 1.71 bits per heavy atom. The summed E-state index contributed by atoms with van der Waals surface area (Å²) in [6, 6.07) is 14.8. The molecule has 34 heavy (non-hydrogen) atoms. The molecule has 0 saturated carbocycles. The second-order valence-corrected chi connectivity index (χ2v) is 7.56. The lowest BCUT2D eigenvalue weighted by molar-refractivity contribution is -0.134. The minimum absolute atomic E-state index is 0.121. The number of aromatic nitrogens is 1. The Hall–Kier alpha value is -4.37. The van der Waals surface area contributed by atoms with E-state index < -0.39 is 18.5 Å². The molecule has 0 N–H and O–H groups in total. The summed E-state index contributed by atoms with van der Waals surface area (Å²) in [6.45, 7) is 3.55. The van der Waals surface area contributed by atoms with E-state index in [9.17, 15) is 9.59 Å². The first-order valence-electron chi connectivity index (χ1n) is 10.7. The molecule has 0 bridgehead atoms. The molecule has 3 rings (SSSR count). The molecule has 0 unspecified atom stereocenters. The highest BCUT2D eigenvalue weighted by Crippen LogP contribution is 2.28. The molecule has 3 aromatic rings. The number of nitriles is 2. The molecule has 0 aliphatic rings. The molecule has 0 atom stereocenters. The van der Waals surface area contributed by atoms with Gasteiger partial charge in [0.25, 0.3) is 5.91 Å². The van der Waals surface area contributed by atoms with Crippen LogP contribution in [0.4, 0.5) is 0 Å². The van der Waals surface area contributed by atoms with Crippen molar-refractivity contribution in [2.45, 2.75) is 33.3 Å². The third-order valence-electron chi connectivity index (χ3n) is 5.29. The first-order valence-corrected chi connectivity index (χ1v) is 10.7. The van der Waals surface area contributed by atoms with E-state index in [0.29, 0.717) is 17.2 Å². The number of benzene rings is 2. The lowest BCUT2D eigenvalue weighted by Gasteiger charge is -2.20. The zero-order valence-corrected chi connectivity index (χ0v) is 19.0. The molecule has 0 radical (unpaired) electrons. The van der Waals surface area contributed by atoms with Gasteiger partial charge in [0.05, 0.1) is 36.2 Å². The predicted octanol–water partition coefficient (Wildman–Crippen LogP) is 3.84. The highest BCUT2D eigenvalue weighted by atomic mass is 16.5. The van der Waals surface area contributed by atoms with Crippen LogP contribution in [0.5, 0.6) is 5.75 Å². The summed E-state index contributed by atoms with van der Waals surface area (Å²) in [5.41, 5.74) is 1.66. The molecule has 0 spiro atoms. The Kier molecular flexibility index (Phi) is 8.20. The van der Waals surface area contributed by atoms with Crippen LogP contribution in [0, 0.1) is 36.5 Å². The smallest absolute Gasteiger partial charge is 0.342 e. The molecular weight excluding hydrogens is 436 g/mol. The number of esters is 1. The second kappa shape index (κ2) is 11.5. The van der Waals surface area contributed by atoms with Crippen LogP contribution in [-0.2, 0) is 16.1 Å². The van der Waals surface area contributed by atoms with E-state index in [4.69, 9.17) is 24.5 Å². The summed E-state index contributed by atoms with van der Waals surface area (Å²) in [4.78, 5) is 26.8. The fraction of sp³-hybridized carbons (Fsp3) is 0.320. The predicted molar refractivity (Wildman–Crippen MR) is 122 cm³/mol. The standard InChI is InChI=1S/C25H24N4O5/c1-17-22(18(2)34-28-17)15-32-23-14-20-8-4-3-7-19(20)13-21(23)25(31)33-16-24(30)29(11-5-9-26)12-6-10-27/h3-4,7-8,13-14H,5-6,11-12,15-16H2,1-2H3. The molecule has 9 nitrogen and oxygen atoms in total. The van der Waals surface area contributed by atoms with Crippen molar-refractivity contribution in [3.63, 3.8) is 0 Å². The van der Waals surface area contributed by atoms with Crippen LogP contribution in [0.15, 0.2) is 40.9 Å².